The van der Waals surface area contributed by atoms with Gasteiger partial charge in [0, 0.05) is 24.9 Å². The van der Waals surface area contributed by atoms with E-state index in [0.717, 1.165) is 31.8 Å². The van der Waals surface area contributed by atoms with Crippen molar-refractivity contribution in [3.05, 3.63) is 12.2 Å². The largest absolute Gasteiger partial charge is 0.466 e. The Labute approximate surface area is 164 Å². The van der Waals surface area contributed by atoms with E-state index < -0.39 is 11.5 Å². The minimum atomic E-state index is -0.927. The minimum absolute atomic E-state index is 0.0268. The number of allylic oxidation sites excluding steroid dienone is 1. The van der Waals surface area contributed by atoms with Crippen molar-refractivity contribution in [1.29, 1.82) is 0 Å². The molecule has 1 N–H and O–H groups in total. The molecule has 0 bridgehead atoms. The second kappa shape index (κ2) is 9.83. The van der Waals surface area contributed by atoms with Crippen LogP contribution in [-0.4, -0.2) is 53.1 Å². The summed E-state index contributed by atoms with van der Waals surface area (Å²) in [5, 5.41) is 11.4. The van der Waals surface area contributed by atoms with Gasteiger partial charge in [-0.2, -0.15) is 0 Å². The standard InChI is InChI=1S/C22H37NO4/c1-5-27-21(25)13-19-14-22(26,11-10-20(19)24)17(4)23(15-18-8-9-18)12-6-7-16(2)3/h17-19,26H,2,5-15H2,1,3-4H3/t17-,19+,22-/m1/s1. The number of ketones is 1. The summed E-state index contributed by atoms with van der Waals surface area (Å²) < 4.78 is 5.01. The Balaban J connectivity index is 2.02. The van der Waals surface area contributed by atoms with E-state index in [-0.39, 0.29) is 24.2 Å². The van der Waals surface area contributed by atoms with Crippen molar-refractivity contribution < 1.29 is 19.4 Å². The maximum Gasteiger partial charge on any atom is 0.306 e. The Hall–Kier alpha value is -1.20. The number of nitrogens with zero attached hydrogens (tertiary/aromatic N) is 1. The molecule has 154 valence electrons. The molecule has 0 unspecified atom stereocenters. The maximum atomic E-state index is 12.3. The van der Waals surface area contributed by atoms with E-state index in [1.54, 1.807) is 6.92 Å². The molecule has 0 aromatic carbocycles. The lowest BCUT2D eigenvalue weighted by Crippen LogP contribution is -2.55. The normalized spacial score (nSPS) is 26.9. The molecule has 2 fully saturated rings. The third kappa shape index (κ3) is 6.72. The van der Waals surface area contributed by atoms with Crippen LogP contribution >= 0.6 is 0 Å². The fourth-order valence-corrected chi connectivity index (χ4v) is 4.17. The number of ether oxygens (including phenoxy) is 1. The fourth-order valence-electron chi connectivity index (χ4n) is 4.17. The van der Waals surface area contributed by atoms with Gasteiger partial charge in [0.15, 0.2) is 0 Å². The van der Waals surface area contributed by atoms with Gasteiger partial charge in [0.25, 0.3) is 0 Å². The first-order valence-electron chi connectivity index (χ1n) is 10.5. The Bertz CT molecular complexity index is 542. The molecule has 5 nitrogen and oxygen atoms in total. The molecule has 3 atom stereocenters. The van der Waals surface area contributed by atoms with Crippen LogP contribution in [0.4, 0.5) is 0 Å². The van der Waals surface area contributed by atoms with E-state index in [1.807, 2.05) is 0 Å². The molecule has 27 heavy (non-hydrogen) atoms. The molecule has 0 amide bonds. The Morgan fingerprint density at radius 3 is 2.74 bits per heavy atom. The number of hydrogen-bond acceptors (Lipinski definition) is 5. The zero-order valence-electron chi connectivity index (χ0n) is 17.3. The van der Waals surface area contributed by atoms with Gasteiger partial charge < -0.3 is 9.84 Å². The van der Waals surface area contributed by atoms with Crippen molar-refractivity contribution >= 4 is 11.8 Å². The molecule has 0 aliphatic heterocycles. The van der Waals surface area contributed by atoms with Crippen LogP contribution in [0.25, 0.3) is 0 Å². The van der Waals surface area contributed by atoms with Crippen LogP contribution in [-0.2, 0) is 14.3 Å². The van der Waals surface area contributed by atoms with Gasteiger partial charge in [-0.25, -0.2) is 0 Å². The summed E-state index contributed by atoms with van der Waals surface area (Å²) in [4.78, 5) is 26.6. The average Bonchev–Trinajstić information content (AvgIpc) is 3.41. The van der Waals surface area contributed by atoms with Crippen LogP contribution in [0.15, 0.2) is 12.2 Å². The number of hydrogen-bond donors (Lipinski definition) is 1. The quantitative estimate of drug-likeness (QED) is 0.440. The van der Waals surface area contributed by atoms with Gasteiger partial charge in [-0.15, -0.1) is 6.58 Å². The van der Waals surface area contributed by atoms with Gasteiger partial charge in [0.05, 0.1) is 18.6 Å². The maximum absolute atomic E-state index is 12.3. The van der Waals surface area contributed by atoms with Crippen LogP contribution in [0.2, 0.25) is 0 Å². The summed E-state index contributed by atoms with van der Waals surface area (Å²) in [7, 11) is 0. The summed E-state index contributed by atoms with van der Waals surface area (Å²) in [5.41, 5.74) is 0.258. The minimum Gasteiger partial charge on any atom is -0.466 e. The van der Waals surface area contributed by atoms with Crippen molar-refractivity contribution in [3.63, 3.8) is 0 Å². The summed E-state index contributed by atoms with van der Waals surface area (Å²) in [5.74, 6) is 0.0462. The lowest BCUT2D eigenvalue weighted by Gasteiger charge is -2.45. The highest BCUT2D eigenvalue weighted by Crippen LogP contribution is 2.38. The summed E-state index contributed by atoms with van der Waals surface area (Å²) in [6.45, 7) is 12.1. The van der Waals surface area contributed by atoms with Gasteiger partial charge in [0.2, 0.25) is 0 Å². The highest BCUT2D eigenvalue weighted by atomic mass is 16.5. The predicted octanol–water partition coefficient (Wildman–Crippen LogP) is 3.50. The van der Waals surface area contributed by atoms with Crippen molar-refractivity contribution in [1.82, 2.24) is 4.90 Å². The molecule has 2 aliphatic carbocycles. The summed E-state index contributed by atoms with van der Waals surface area (Å²) in [6, 6.07) is -0.0268. The van der Waals surface area contributed by atoms with E-state index in [1.165, 1.54) is 18.4 Å². The van der Waals surface area contributed by atoms with E-state index >= 15 is 0 Å². The van der Waals surface area contributed by atoms with E-state index in [4.69, 9.17) is 4.74 Å². The molecule has 0 aromatic rings. The van der Waals surface area contributed by atoms with E-state index in [9.17, 15) is 14.7 Å². The number of carbonyl (C=O) groups excluding carboxylic acids is 2. The monoisotopic (exact) mass is 379 g/mol. The predicted molar refractivity (Wildman–Crippen MR) is 106 cm³/mol. The molecule has 5 heteroatoms. The van der Waals surface area contributed by atoms with Crippen molar-refractivity contribution in [2.24, 2.45) is 11.8 Å². The van der Waals surface area contributed by atoms with Crippen LogP contribution in [0.1, 0.15) is 72.1 Å². The van der Waals surface area contributed by atoms with Crippen molar-refractivity contribution in [2.45, 2.75) is 83.8 Å². The summed E-state index contributed by atoms with van der Waals surface area (Å²) >= 11 is 0. The highest BCUT2D eigenvalue weighted by molar-refractivity contribution is 5.86. The molecule has 0 radical (unpaired) electrons. The first-order chi connectivity index (χ1) is 12.7. The van der Waals surface area contributed by atoms with Crippen LogP contribution in [0.5, 0.6) is 0 Å². The third-order valence-corrected chi connectivity index (χ3v) is 6.14. The average molecular weight is 380 g/mol. The topological polar surface area (TPSA) is 66.8 Å². The number of rotatable bonds is 11. The smallest absolute Gasteiger partial charge is 0.306 e. The van der Waals surface area contributed by atoms with Crippen molar-refractivity contribution in [3.8, 4) is 0 Å². The van der Waals surface area contributed by atoms with Crippen LogP contribution in [0, 0.1) is 11.8 Å². The lowest BCUT2D eigenvalue weighted by atomic mass is 9.72. The van der Waals surface area contributed by atoms with E-state index in [0.29, 0.717) is 25.9 Å². The summed E-state index contributed by atoms with van der Waals surface area (Å²) in [6.07, 6.45) is 5.83. The number of esters is 1. The Kier molecular flexibility index (Phi) is 8.04. The van der Waals surface area contributed by atoms with Gasteiger partial charge in [-0.05, 0) is 71.8 Å². The molecule has 2 saturated carbocycles. The highest BCUT2D eigenvalue weighted by Gasteiger charge is 2.45. The van der Waals surface area contributed by atoms with Gasteiger partial charge in [0.1, 0.15) is 5.78 Å². The van der Waals surface area contributed by atoms with Gasteiger partial charge in [-0.3, -0.25) is 14.5 Å². The fraction of sp³-hybridized carbons (Fsp3) is 0.818. The Morgan fingerprint density at radius 2 is 2.15 bits per heavy atom. The molecule has 2 rings (SSSR count). The third-order valence-electron chi connectivity index (χ3n) is 6.14. The zero-order chi connectivity index (χ0) is 20.0. The van der Waals surface area contributed by atoms with E-state index in [2.05, 4.69) is 25.3 Å². The Morgan fingerprint density at radius 1 is 1.44 bits per heavy atom. The SMILES string of the molecule is C=C(C)CCCN(CC1CC1)[C@H](C)[C@@]1(O)CCC(=O)[C@@H](CC(=O)OCC)C1. The second-order valence-corrected chi connectivity index (χ2v) is 8.66. The van der Waals surface area contributed by atoms with Crippen LogP contribution < -0.4 is 0 Å². The second-order valence-electron chi connectivity index (χ2n) is 8.66. The number of aliphatic hydroxyl groups is 1. The molecular weight excluding hydrogens is 342 g/mol. The molecule has 0 aromatic heterocycles. The molecule has 0 spiro atoms. The molecular formula is C22H37NO4. The molecule has 2 aliphatic rings. The molecule has 0 heterocycles. The van der Waals surface area contributed by atoms with Gasteiger partial charge in [-0.1, -0.05) is 5.57 Å². The number of Topliss-reactive ketones (excluding diaryl/α,β-unsaturated/α-hetero) is 1. The van der Waals surface area contributed by atoms with Gasteiger partial charge >= 0.3 is 5.97 Å². The first-order valence-corrected chi connectivity index (χ1v) is 10.5. The lowest BCUT2D eigenvalue weighted by molar-refractivity contribution is -0.151. The number of carbonyl (C=O) groups is 2. The van der Waals surface area contributed by atoms with Crippen LogP contribution in [0.3, 0.4) is 0 Å². The zero-order valence-corrected chi connectivity index (χ0v) is 17.3. The molecule has 0 saturated heterocycles. The van der Waals surface area contributed by atoms with Crippen molar-refractivity contribution in [2.75, 3.05) is 19.7 Å². The first kappa shape index (κ1) is 22.1.